The molecule has 0 aliphatic carbocycles. The molecule has 5 heteroatoms. The van der Waals surface area contributed by atoms with Gasteiger partial charge >= 0.3 is 0 Å². The van der Waals surface area contributed by atoms with Crippen molar-refractivity contribution in [2.75, 3.05) is 0 Å². The molecule has 1 amide bonds. The molecule has 1 N–H and O–H groups in total. The predicted octanol–water partition coefficient (Wildman–Crippen LogP) is 2.58. The Morgan fingerprint density at radius 3 is 2.65 bits per heavy atom. The number of rotatable bonds is 4. The van der Waals surface area contributed by atoms with Gasteiger partial charge in [-0.25, -0.2) is 4.39 Å². The van der Waals surface area contributed by atoms with Crippen molar-refractivity contribution in [2.45, 2.75) is 26.3 Å². The summed E-state index contributed by atoms with van der Waals surface area (Å²) in [7, 11) is 0. The van der Waals surface area contributed by atoms with Crippen LogP contribution in [0.5, 0.6) is 0 Å². The second-order valence-electron chi connectivity index (χ2n) is 3.64. The molecule has 92 valence electrons. The summed E-state index contributed by atoms with van der Waals surface area (Å²) in [5, 5.41) is 2.45. The van der Waals surface area contributed by atoms with E-state index in [0.29, 0.717) is 6.42 Å². The summed E-state index contributed by atoms with van der Waals surface area (Å²) in [6, 6.07) is 3.18. The minimum Gasteiger partial charge on any atom is -0.343 e. The standard InChI is InChI=1S/C12H13ClFNO2/c1-3-11(16)7(2)15-12(17)8-4-5-9(13)10(14)6-8/h4-7H,3H2,1-2H3,(H,15,17). The summed E-state index contributed by atoms with van der Waals surface area (Å²) < 4.78 is 13.1. The molecule has 0 aliphatic heterocycles. The Hall–Kier alpha value is -1.42. The number of halogens is 2. The van der Waals surface area contributed by atoms with Crippen molar-refractivity contribution in [2.24, 2.45) is 0 Å². The number of hydrogen-bond acceptors (Lipinski definition) is 2. The molecule has 0 saturated heterocycles. The number of amides is 1. The van der Waals surface area contributed by atoms with E-state index >= 15 is 0 Å². The van der Waals surface area contributed by atoms with Gasteiger partial charge in [0.25, 0.3) is 5.91 Å². The second kappa shape index (κ2) is 5.77. The van der Waals surface area contributed by atoms with E-state index in [-0.39, 0.29) is 16.4 Å². The van der Waals surface area contributed by atoms with Crippen LogP contribution >= 0.6 is 11.6 Å². The van der Waals surface area contributed by atoms with Crippen molar-refractivity contribution in [1.29, 1.82) is 0 Å². The highest BCUT2D eigenvalue weighted by Gasteiger charge is 2.15. The van der Waals surface area contributed by atoms with Gasteiger partial charge in [-0.3, -0.25) is 9.59 Å². The van der Waals surface area contributed by atoms with Crippen LogP contribution in [0.3, 0.4) is 0 Å². The van der Waals surface area contributed by atoms with E-state index in [1.165, 1.54) is 12.1 Å². The molecule has 0 aliphatic rings. The van der Waals surface area contributed by atoms with E-state index in [4.69, 9.17) is 11.6 Å². The van der Waals surface area contributed by atoms with Gasteiger partial charge in [0.1, 0.15) is 5.82 Å². The number of Topliss-reactive ketones (excluding diaryl/α,β-unsaturated/α-hetero) is 1. The third-order valence-corrected chi connectivity index (χ3v) is 2.67. The van der Waals surface area contributed by atoms with Crippen molar-refractivity contribution >= 4 is 23.3 Å². The van der Waals surface area contributed by atoms with Crippen LogP contribution in [0.2, 0.25) is 5.02 Å². The first-order chi connectivity index (χ1) is 7.95. The molecule has 1 aromatic rings. The smallest absolute Gasteiger partial charge is 0.251 e. The van der Waals surface area contributed by atoms with Crippen molar-refractivity contribution in [3.8, 4) is 0 Å². The van der Waals surface area contributed by atoms with Gasteiger partial charge in [0.2, 0.25) is 0 Å². The van der Waals surface area contributed by atoms with Gasteiger partial charge in [-0.05, 0) is 25.1 Å². The molecular weight excluding hydrogens is 245 g/mol. The maximum absolute atomic E-state index is 13.1. The first-order valence-electron chi connectivity index (χ1n) is 5.24. The van der Waals surface area contributed by atoms with E-state index in [2.05, 4.69) is 5.32 Å². The minimum absolute atomic E-state index is 0.0424. The van der Waals surface area contributed by atoms with Gasteiger partial charge in [-0.15, -0.1) is 0 Å². The van der Waals surface area contributed by atoms with Crippen molar-refractivity contribution < 1.29 is 14.0 Å². The molecular formula is C12H13ClFNO2. The zero-order chi connectivity index (χ0) is 13.0. The van der Waals surface area contributed by atoms with Crippen molar-refractivity contribution in [3.05, 3.63) is 34.6 Å². The summed E-state index contributed by atoms with van der Waals surface area (Å²) in [5.74, 6) is -1.23. The topological polar surface area (TPSA) is 46.2 Å². The van der Waals surface area contributed by atoms with Crippen LogP contribution in [0.25, 0.3) is 0 Å². The highest BCUT2D eigenvalue weighted by atomic mass is 35.5. The Bertz CT molecular complexity index is 448. The average molecular weight is 258 g/mol. The number of carbonyl (C=O) groups excluding carboxylic acids is 2. The van der Waals surface area contributed by atoms with Crippen LogP contribution in [-0.2, 0) is 4.79 Å². The quantitative estimate of drug-likeness (QED) is 0.901. The molecule has 0 bridgehead atoms. The fourth-order valence-corrected chi connectivity index (χ4v) is 1.42. The molecule has 0 saturated carbocycles. The van der Waals surface area contributed by atoms with Crippen LogP contribution in [-0.4, -0.2) is 17.7 Å². The first-order valence-corrected chi connectivity index (χ1v) is 5.62. The van der Waals surface area contributed by atoms with Crippen LogP contribution in [0, 0.1) is 5.82 Å². The lowest BCUT2D eigenvalue weighted by atomic mass is 10.1. The SMILES string of the molecule is CCC(=O)C(C)NC(=O)c1ccc(Cl)c(F)c1. The summed E-state index contributed by atoms with van der Waals surface area (Å²) in [6.07, 6.45) is 0.344. The number of ketones is 1. The molecule has 3 nitrogen and oxygen atoms in total. The van der Waals surface area contributed by atoms with Gasteiger partial charge in [0, 0.05) is 12.0 Å². The predicted molar refractivity (Wildman–Crippen MR) is 63.6 cm³/mol. The fourth-order valence-electron chi connectivity index (χ4n) is 1.30. The van der Waals surface area contributed by atoms with Gasteiger partial charge in [0.05, 0.1) is 11.1 Å². The normalized spacial score (nSPS) is 12.0. The molecule has 17 heavy (non-hydrogen) atoms. The molecule has 0 fully saturated rings. The molecule has 1 rings (SSSR count). The molecule has 0 heterocycles. The Balaban J connectivity index is 2.76. The van der Waals surface area contributed by atoms with Crippen LogP contribution < -0.4 is 5.32 Å². The van der Waals surface area contributed by atoms with E-state index < -0.39 is 17.8 Å². The van der Waals surface area contributed by atoms with Gasteiger partial charge < -0.3 is 5.32 Å². The van der Waals surface area contributed by atoms with Gasteiger partial charge in [0.15, 0.2) is 5.78 Å². The van der Waals surface area contributed by atoms with Crippen LogP contribution in [0.1, 0.15) is 30.6 Å². The fraction of sp³-hybridized carbons (Fsp3) is 0.333. The average Bonchev–Trinajstić information content (AvgIpc) is 2.31. The Morgan fingerprint density at radius 1 is 1.47 bits per heavy atom. The number of nitrogens with one attached hydrogen (secondary N) is 1. The van der Waals surface area contributed by atoms with E-state index in [0.717, 1.165) is 6.07 Å². The van der Waals surface area contributed by atoms with E-state index in [9.17, 15) is 14.0 Å². The number of carbonyl (C=O) groups is 2. The van der Waals surface area contributed by atoms with Gasteiger partial charge in [-0.2, -0.15) is 0 Å². The Kier molecular flexibility index (Phi) is 4.63. The summed E-state index contributed by atoms with van der Waals surface area (Å²) in [4.78, 5) is 23.0. The van der Waals surface area contributed by atoms with Crippen LogP contribution in [0.4, 0.5) is 4.39 Å². The lowest BCUT2D eigenvalue weighted by molar-refractivity contribution is -0.120. The molecule has 1 atom stereocenters. The zero-order valence-electron chi connectivity index (χ0n) is 9.59. The Labute approximate surface area is 104 Å². The van der Waals surface area contributed by atoms with E-state index in [1.807, 2.05) is 0 Å². The highest BCUT2D eigenvalue weighted by molar-refractivity contribution is 6.30. The lowest BCUT2D eigenvalue weighted by Crippen LogP contribution is -2.38. The monoisotopic (exact) mass is 257 g/mol. The minimum atomic E-state index is -0.659. The summed E-state index contributed by atoms with van der Waals surface area (Å²) in [5.41, 5.74) is 0.141. The summed E-state index contributed by atoms with van der Waals surface area (Å²) >= 11 is 5.50. The Morgan fingerprint density at radius 2 is 2.12 bits per heavy atom. The molecule has 1 unspecified atom stereocenters. The molecule has 0 spiro atoms. The maximum atomic E-state index is 13.1. The van der Waals surface area contributed by atoms with E-state index in [1.54, 1.807) is 13.8 Å². The third-order valence-electron chi connectivity index (χ3n) is 2.36. The third kappa shape index (κ3) is 3.53. The van der Waals surface area contributed by atoms with Crippen molar-refractivity contribution in [1.82, 2.24) is 5.32 Å². The maximum Gasteiger partial charge on any atom is 0.251 e. The number of hydrogen-bond donors (Lipinski definition) is 1. The largest absolute Gasteiger partial charge is 0.343 e. The summed E-state index contributed by atoms with van der Waals surface area (Å²) in [6.45, 7) is 3.31. The van der Waals surface area contributed by atoms with Crippen molar-refractivity contribution in [3.63, 3.8) is 0 Å². The molecule has 1 aromatic carbocycles. The number of benzene rings is 1. The zero-order valence-corrected chi connectivity index (χ0v) is 10.3. The molecule has 0 radical (unpaired) electrons. The second-order valence-corrected chi connectivity index (χ2v) is 4.05. The highest BCUT2D eigenvalue weighted by Crippen LogP contribution is 2.15. The molecule has 0 aromatic heterocycles. The van der Waals surface area contributed by atoms with Gasteiger partial charge in [-0.1, -0.05) is 18.5 Å². The van der Waals surface area contributed by atoms with Crippen LogP contribution in [0.15, 0.2) is 18.2 Å². The lowest BCUT2D eigenvalue weighted by Gasteiger charge is -2.11. The first kappa shape index (κ1) is 13.6.